The van der Waals surface area contributed by atoms with Crippen LogP contribution < -0.4 is 4.90 Å². The average Bonchev–Trinajstić information content (AvgIpc) is 3.12. The van der Waals surface area contributed by atoms with Crippen molar-refractivity contribution in [1.82, 2.24) is 4.90 Å². The smallest absolute Gasteiger partial charge is 0.254 e. The van der Waals surface area contributed by atoms with E-state index in [1.807, 2.05) is 11.0 Å². The summed E-state index contributed by atoms with van der Waals surface area (Å²) in [7, 11) is 0. The Bertz CT molecular complexity index is 811. The summed E-state index contributed by atoms with van der Waals surface area (Å²) in [6.07, 6.45) is 3.40. The van der Waals surface area contributed by atoms with Gasteiger partial charge in [0.25, 0.3) is 5.91 Å². The maximum Gasteiger partial charge on any atom is 0.254 e. The molecular formula is C21H23ClFN2O+. The summed E-state index contributed by atoms with van der Waals surface area (Å²) < 4.78 is 14.0. The lowest BCUT2D eigenvalue weighted by Gasteiger charge is -2.32. The van der Waals surface area contributed by atoms with Crippen LogP contribution in [0.4, 0.5) is 4.39 Å². The zero-order valence-electron chi connectivity index (χ0n) is 14.7. The molecule has 1 amide bonds. The highest BCUT2D eigenvalue weighted by Gasteiger charge is 2.26. The van der Waals surface area contributed by atoms with Gasteiger partial charge in [-0.3, -0.25) is 4.79 Å². The summed E-state index contributed by atoms with van der Waals surface area (Å²) in [6, 6.07) is 11.0. The molecule has 0 radical (unpaired) electrons. The van der Waals surface area contributed by atoms with Crippen molar-refractivity contribution in [1.29, 1.82) is 0 Å². The van der Waals surface area contributed by atoms with Crippen molar-refractivity contribution in [2.24, 2.45) is 0 Å². The number of halogens is 2. The number of nitrogens with zero attached hydrogens (tertiary/aromatic N) is 1. The van der Waals surface area contributed by atoms with Crippen LogP contribution in [0.25, 0.3) is 0 Å². The van der Waals surface area contributed by atoms with E-state index in [2.05, 4.69) is 12.1 Å². The number of piperazine rings is 1. The van der Waals surface area contributed by atoms with Crippen LogP contribution in [0, 0.1) is 5.82 Å². The van der Waals surface area contributed by atoms with Gasteiger partial charge >= 0.3 is 0 Å². The van der Waals surface area contributed by atoms with Crippen molar-refractivity contribution in [2.75, 3.05) is 26.2 Å². The van der Waals surface area contributed by atoms with Gasteiger partial charge < -0.3 is 9.80 Å². The van der Waals surface area contributed by atoms with Crippen molar-refractivity contribution < 1.29 is 14.1 Å². The molecule has 1 N–H and O–H groups in total. The topological polar surface area (TPSA) is 24.8 Å². The number of hydrogen-bond acceptors (Lipinski definition) is 1. The predicted octanol–water partition coefficient (Wildman–Crippen LogP) is 2.51. The Morgan fingerprint density at radius 1 is 1.12 bits per heavy atom. The number of hydrogen-bond donors (Lipinski definition) is 1. The Morgan fingerprint density at radius 2 is 1.88 bits per heavy atom. The largest absolute Gasteiger partial charge is 0.328 e. The molecule has 1 aliphatic heterocycles. The Morgan fingerprint density at radius 3 is 2.65 bits per heavy atom. The highest BCUT2D eigenvalue weighted by molar-refractivity contribution is 6.31. The van der Waals surface area contributed by atoms with E-state index >= 15 is 0 Å². The molecule has 0 unspecified atom stereocenters. The first kappa shape index (κ1) is 17.5. The second-order valence-corrected chi connectivity index (χ2v) is 7.66. The summed E-state index contributed by atoms with van der Waals surface area (Å²) in [5.41, 5.74) is 4.08. The van der Waals surface area contributed by atoms with Crippen molar-refractivity contribution in [3.05, 3.63) is 69.5 Å². The van der Waals surface area contributed by atoms with Crippen LogP contribution in [0.15, 0.2) is 36.4 Å². The third-order valence-corrected chi connectivity index (χ3v) is 5.95. The van der Waals surface area contributed by atoms with Crippen LogP contribution >= 0.6 is 11.6 Å². The first-order chi connectivity index (χ1) is 12.6. The molecule has 1 fully saturated rings. The molecule has 0 spiro atoms. The molecule has 0 bridgehead atoms. The highest BCUT2D eigenvalue weighted by atomic mass is 35.5. The van der Waals surface area contributed by atoms with Gasteiger partial charge in [0.1, 0.15) is 12.4 Å². The molecular weight excluding hydrogens is 351 g/mol. The van der Waals surface area contributed by atoms with Gasteiger partial charge in [0.2, 0.25) is 0 Å². The molecule has 1 aliphatic carbocycles. The molecule has 1 saturated heterocycles. The molecule has 0 saturated carbocycles. The molecule has 2 aliphatic rings. The molecule has 0 aromatic heterocycles. The summed E-state index contributed by atoms with van der Waals surface area (Å²) in [5, 5.41) is 0.481. The third-order valence-electron chi connectivity index (χ3n) is 5.59. The summed E-state index contributed by atoms with van der Waals surface area (Å²) in [4.78, 5) is 16.0. The van der Waals surface area contributed by atoms with E-state index in [9.17, 15) is 9.18 Å². The molecule has 5 heteroatoms. The van der Waals surface area contributed by atoms with Crippen LogP contribution in [0.5, 0.6) is 0 Å². The first-order valence-corrected chi connectivity index (χ1v) is 9.67. The fourth-order valence-corrected chi connectivity index (χ4v) is 4.27. The molecule has 136 valence electrons. The van der Waals surface area contributed by atoms with Crippen LogP contribution in [0.1, 0.15) is 33.5 Å². The molecule has 2 aromatic carbocycles. The zero-order chi connectivity index (χ0) is 18.1. The lowest BCUT2D eigenvalue weighted by Crippen LogP contribution is -3.13. The van der Waals surface area contributed by atoms with Gasteiger partial charge in [-0.15, -0.1) is 0 Å². The number of amides is 1. The fraction of sp³-hybridized carbons (Fsp3) is 0.381. The van der Waals surface area contributed by atoms with Gasteiger partial charge in [0.05, 0.1) is 36.8 Å². The number of nitrogens with one attached hydrogen (secondary N) is 1. The Kier molecular flexibility index (Phi) is 4.96. The molecule has 3 nitrogen and oxygen atoms in total. The Balaban J connectivity index is 1.38. The number of aryl methyl sites for hydroxylation is 2. The number of fused-ring (bicyclic) bond motifs is 1. The number of quaternary nitrogens is 1. The monoisotopic (exact) mass is 373 g/mol. The van der Waals surface area contributed by atoms with Crippen molar-refractivity contribution in [2.45, 2.75) is 25.8 Å². The van der Waals surface area contributed by atoms with Crippen LogP contribution in [0.2, 0.25) is 5.02 Å². The van der Waals surface area contributed by atoms with E-state index in [4.69, 9.17) is 11.6 Å². The van der Waals surface area contributed by atoms with E-state index in [1.54, 1.807) is 12.1 Å². The summed E-state index contributed by atoms with van der Waals surface area (Å²) in [5.74, 6) is -0.135. The first-order valence-electron chi connectivity index (χ1n) is 9.29. The number of benzene rings is 2. The van der Waals surface area contributed by atoms with E-state index in [1.165, 1.54) is 28.5 Å². The minimum absolute atomic E-state index is 0.114. The Hall–Kier alpha value is -1.91. The van der Waals surface area contributed by atoms with E-state index in [-0.39, 0.29) is 11.7 Å². The second-order valence-electron chi connectivity index (χ2n) is 7.26. The maximum absolute atomic E-state index is 14.0. The molecule has 26 heavy (non-hydrogen) atoms. The summed E-state index contributed by atoms with van der Waals surface area (Å²) in [6.45, 7) is 3.56. The van der Waals surface area contributed by atoms with E-state index in [0.717, 1.165) is 31.5 Å². The van der Waals surface area contributed by atoms with Crippen molar-refractivity contribution in [3.63, 3.8) is 0 Å². The fourth-order valence-electron chi connectivity index (χ4n) is 4.04. The lowest BCUT2D eigenvalue weighted by molar-refractivity contribution is -0.917. The normalized spacial score (nSPS) is 17.4. The standard InChI is InChI=1S/C21H22ClFN2O/c22-19-5-2-6-20(23)18(19)14-24-9-11-25(12-10-24)21(26)17-8-7-15-3-1-4-16(15)13-17/h2,5-8,13H,1,3-4,9-12,14H2/p+1. The van der Waals surface area contributed by atoms with E-state index < -0.39 is 0 Å². The molecule has 2 aromatic rings. The number of carbonyl (C=O) groups is 1. The van der Waals surface area contributed by atoms with Crippen molar-refractivity contribution in [3.8, 4) is 0 Å². The third kappa shape index (κ3) is 3.49. The van der Waals surface area contributed by atoms with Gasteiger partial charge in [-0.25, -0.2) is 4.39 Å². The van der Waals surface area contributed by atoms with Gasteiger partial charge in [-0.2, -0.15) is 0 Å². The van der Waals surface area contributed by atoms with Gasteiger partial charge in [0.15, 0.2) is 0 Å². The minimum Gasteiger partial charge on any atom is -0.328 e. The predicted molar refractivity (Wildman–Crippen MR) is 100 cm³/mol. The lowest BCUT2D eigenvalue weighted by atomic mass is 10.1. The zero-order valence-corrected chi connectivity index (χ0v) is 15.5. The Labute approximate surface area is 158 Å². The number of rotatable bonds is 3. The SMILES string of the molecule is O=C(c1ccc2c(c1)CCC2)N1CC[NH+](Cc2c(F)cccc2Cl)CC1. The van der Waals surface area contributed by atoms with Crippen LogP contribution in [0.3, 0.4) is 0 Å². The summed E-state index contributed by atoms with van der Waals surface area (Å²) >= 11 is 6.14. The quantitative estimate of drug-likeness (QED) is 0.878. The number of carbonyl (C=O) groups excluding carboxylic acids is 1. The minimum atomic E-state index is -0.248. The maximum atomic E-state index is 14.0. The van der Waals surface area contributed by atoms with Crippen LogP contribution in [-0.2, 0) is 19.4 Å². The second kappa shape index (κ2) is 7.37. The average molecular weight is 374 g/mol. The van der Waals surface area contributed by atoms with Crippen LogP contribution in [-0.4, -0.2) is 37.0 Å². The molecule has 0 atom stereocenters. The van der Waals surface area contributed by atoms with Crippen molar-refractivity contribution >= 4 is 17.5 Å². The van der Waals surface area contributed by atoms with Gasteiger partial charge in [-0.1, -0.05) is 23.7 Å². The molecule has 1 heterocycles. The van der Waals surface area contributed by atoms with Gasteiger partial charge in [-0.05, 0) is 54.7 Å². The highest BCUT2D eigenvalue weighted by Crippen LogP contribution is 2.23. The van der Waals surface area contributed by atoms with E-state index in [0.29, 0.717) is 30.2 Å². The molecule has 4 rings (SSSR count). The van der Waals surface area contributed by atoms with Gasteiger partial charge in [0, 0.05) is 5.56 Å².